The fraction of sp³-hybridized carbons (Fsp3) is 0.500. The molecular formula is C14H17BrN2S2. The number of thioether (sulfide) groups is 1. The highest BCUT2D eigenvalue weighted by Gasteiger charge is 2.25. The molecule has 2 aromatic rings. The summed E-state index contributed by atoms with van der Waals surface area (Å²) in [6.45, 7) is 2.25. The van der Waals surface area contributed by atoms with Crippen molar-refractivity contribution in [3.05, 3.63) is 22.7 Å². The van der Waals surface area contributed by atoms with Crippen LogP contribution in [0.5, 0.6) is 0 Å². The van der Waals surface area contributed by atoms with E-state index in [1.165, 1.54) is 29.7 Å². The molecule has 1 N–H and O–H groups in total. The summed E-state index contributed by atoms with van der Waals surface area (Å²) in [6, 6.07) is 6.87. The average Bonchev–Trinajstić information content (AvgIpc) is 2.96. The van der Waals surface area contributed by atoms with Crippen LogP contribution in [-0.2, 0) is 0 Å². The van der Waals surface area contributed by atoms with Crippen molar-refractivity contribution < 1.29 is 0 Å². The first kappa shape index (κ1) is 13.7. The molecule has 1 aromatic carbocycles. The zero-order valence-corrected chi connectivity index (χ0v) is 14.1. The molecule has 1 fully saturated rings. The molecule has 1 aliphatic carbocycles. The van der Waals surface area contributed by atoms with Gasteiger partial charge in [0.15, 0.2) is 5.13 Å². The van der Waals surface area contributed by atoms with Gasteiger partial charge in [0, 0.05) is 15.8 Å². The van der Waals surface area contributed by atoms with E-state index in [0.717, 1.165) is 20.4 Å². The van der Waals surface area contributed by atoms with E-state index in [4.69, 9.17) is 0 Å². The number of hydrogen-bond donors (Lipinski definition) is 1. The first-order valence-corrected chi connectivity index (χ1v) is 9.34. The van der Waals surface area contributed by atoms with E-state index in [0.29, 0.717) is 6.04 Å². The number of hydrogen-bond acceptors (Lipinski definition) is 4. The molecule has 5 heteroatoms. The Morgan fingerprint density at radius 3 is 3.21 bits per heavy atom. The fourth-order valence-corrected chi connectivity index (χ4v) is 5.23. The molecule has 0 radical (unpaired) electrons. The Balaban J connectivity index is 1.68. The number of nitrogens with one attached hydrogen (secondary N) is 1. The van der Waals surface area contributed by atoms with Crippen LogP contribution < -0.4 is 5.32 Å². The highest BCUT2D eigenvalue weighted by molar-refractivity contribution is 9.10. The van der Waals surface area contributed by atoms with Crippen molar-refractivity contribution in [3.8, 4) is 0 Å². The van der Waals surface area contributed by atoms with E-state index in [-0.39, 0.29) is 0 Å². The monoisotopic (exact) mass is 356 g/mol. The first-order chi connectivity index (χ1) is 9.24. The van der Waals surface area contributed by atoms with E-state index < -0.39 is 0 Å². The fourth-order valence-electron chi connectivity index (χ4n) is 2.59. The predicted octanol–water partition coefficient (Wildman–Crippen LogP) is 5.14. The summed E-state index contributed by atoms with van der Waals surface area (Å²) in [5.41, 5.74) is 1.09. The van der Waals surface area contributed by atoms with Crippen molar-refractivity contribution in [3.63, 3.8) is 0 Å². The van der Waals surface area contributed by atoms with Crippen LogP contribution in [0.3, 0.4) is 0 Å². The van der Waals surface area contributed by atoms with Crippen molar-refractivity contribution >= 4 is 54.4 Å². The molecule has 102 valence electrons. The van der Waals surface area contributed by atoms with E-state index in [1.54, 1.807) is 11.3 Å². The molecule has 1 heterocycles. The molecule has 0 amide bonds. The lowest BCUT2D eigenvalue weighted by molar-refractivity contribution is 0.756. The Morgan fingerprint density at radius 1 is 1.47 bits per heavy atom. The van der Waals surface area contributed by atoms with Gasteiger partial charge in [0.25, 0.3) is 0 Å². The van der Waals surface area contributed by atoms with Crippen LogP contribution in [0.1, 0.15) is 26.2 Å². The van der Waals surface area contributed by atoms with E-state index in [9.17, 15) is 0 Å². The molecule has 0 saturated heterocycles. The van der Waals surface area contributed by atoms with Crippen LogP contribution in [-0.4, -0.2) is 22.0 Å². The number of aromatic nitrogens is 1. The third-order valence-electron chi connectivity index (χ3n) is 3.46. The molecule has 3 rings (SSSR count). The summed E-state index contributed by atoms with van der Waals surface area (Å²) in [4.78, 5) is 4.67. The van der Waals surface area contributed by atoms with Gasteiger partial charge >= 0.3 is 0 Å². The maximum absolute atomic E-state index is 4.67. The van der Waals surface area contributed by atoms with Gasteiger partial charge in [-0.05, 0) is 43.2 Å². The molecular weight excluding hydrogens is 340 g/mol. The lowest BCUT2D eigenvalue weighted by atomic mass is 10.3. The van der Waals surface area contributed by atoms with Crippen molar-refractivity contribution in [2.24, 2.45) is 0 Å². The van der Waals surface area contributed by atoms with Crippen LogP contribution in [0.2, 0.25) is 0 Å². The first-order valence-electron chi connectivity index (χ1n) is 6.69. The summed E-state index contributed by atoms with van der Waals surface area (Å²) >= 11 is 7.36. The SMILES string of the molecule is CCSC1CCC(Nc2nc3ccc(Br)cc3s2)C1. The van der Waals surface area contributed by atoms with Crippen LogP contribution in [0, 0.1) is 0 Å². The minimum atomic E-state index is 0.605. The molecule has 2 nitrogen and oxygen atoms in total. The third kappa shape index (κ3) is 3.26. The number of halogens is 1. The Hall–Kier alpha value is -0.260. The molecule has 0 spiro atoms. The van der Waals surface area contributed by atoms with Crippen molar-refractivity contribution in [1.29, 1.82) is 0 Å². The quantitative estimate of drug-likeness (QED) is 0.820. The normalized spacial score (nSPS) is 23.1. The van der Waals surface area contributed by atoms with Crippen molar-refractivity contribution in [2.45, 2.75) is 37.5 Å². The van der Waals surface area contributed by atoms with Gasteiger partial charge in [-0.25, -0.2) is 4.98 Å². The van der Waals surface area contributed by atoms with Crippen LogP contribution in [0.15, 0.2) is 22.7 Å². The number of benzene rings is 1. The number of fused-ring (bicyclic) bond motifs is 1. The summed E-state index contributed by atoms with van der Waals surface area (Å²) in [5, 5.41) is 5.53. The lowest BCUT2D eigenvalue weighted by Crippen LogP contribution is -2.15. The van der Waals surface area contributed by atoms with Crippen LogP contribution in [0.25, 0.3) is 10.2 Å². The molecule has 1 aromatic heterocycles. The minimum Gasteiger partial charge on any atom is -0.359 e. The summed E-state index contributed by atoms with van der Waals surface area (Å²) in [6.07, 6.45) is 3.89. The van der Waals surface area contributed by atoms with Gasteiger partial charge in [0.2, 0.25) is 0 Å². The zero-order valence-electron chi connectivity index (χ0n) is 10.9. The number of anilines is 1. The van der Waals surface area contributed by atoms with Gasteiger partial charge in [-0.2, -0.15) is 11.8 Å². The minimum absolute atomic E-state index is 0.605. The highest BCUT2D eigenvalue weighted by atomic mass is 79.9. The molecule has 0 aliphatic heterocycles. The van der Waals surface area contributed by atoms with Crippen molar-refractivity contribution in [1.82, 2.24) is 4.98 Å². The second kappa shape index (κ2) is 6.02. The molecule has 19 heavy (non-hydrogen) atoms. The largest absolute Gasteiger partial charge is 0.359 e. The van der Waals surface area contributed by atoms with Crippen LogP contribution in [0.4, 0.5) is 5.13 Å². The van der Waals surface area contributed by atoms with Gasteiger partial charge in [-0.3, -0.25) is 0 Å². The Labute approximate surface area is 130 Å². The summed E-state index contributed by atoms with van der Waals surface area (Å²) in [5.74, 6) is 1.23. The van der Waals surface area contributed by atoms with Gasteiger partial charge in [-0.1, -0.05) is 34.2 Å². The Kier molecular flexibility index (Phi) is 4.34. The van der Waals surface area contributed by atoms with Gasteiger partial charge < -0.3 is 5.32 Å². The maximum atomic E-state index is 4.67. The lowest BCUT2D eigenvalue weighted by Gasteiger charge is -2.11. The molecule has 0 bridgehead atoms. The number of nitrogens with zero attached hydrogens (tertiary/aromatic N) is 1. The average molecular weight is 357 g/mol. The van der Waals surface area contributed by atoms with E-state index >= 15 is 0 Å². The molecule has 2 atom stereocenters. The second-order valence-electron chi connectivity index (χ2n) is 4.86. The van der Waals surface area contributed by atoms with Gasteiger partial charge in [0.1, 0.15) is 0 Å². The third-order valence-corrected chi connectivity index (χ3v) is 6.14. The van der Waals surface area contributed by atoms with Crippen LogP contribution >= 0.6 is 39.0 Å². The summed E-state index contributed by atoms with van der Waals surface area (Å²) in [7, 11) is 0. The molecule has 1 aliphatic rings. The summed E-state index contributed by atoms with van der Waals surface area (Å²) < 4.78 is 2.37. The predicted molar refractivity (Wildman–Crippen MR) is 90.5 cm³/mol. The highest BCUT2D eigenvalue weighted by Crippen LogP contribution is 2.34. The van der Waals surface area contributed by atoms with E-state index in [1.807, 2.05) is 0 Å². The van der Waals surface area contributed by atoms with Gasteiger partial charge in [-0.15, -0.1) is 0 Å². The molecule has 2 unspecified atom stereocenters. The Morgan fingerprint density at radius 2 is 2.37 bits per heavy atom. The number of thiazole rings is 1. The molecule has 1 saturated carbocycles. The van der Waals surface area contributed by atoms with E-state index in [2.05, 4.69) is 63.1 Å². The number of rotatable bonds is 4. The second-order valence-corrected chi connectivity index (χ2v) is 8.39. The van der Waals surface area contributed by atoms with Gasteiger partial charge in [0.05, 0.1) is 10.2 Å². The standard InChI is InChI=1S/C14H17BrN2S2/c1-2-18-11-5-4-10(8-11)16-14-17-12-6-3-9(15)7-13(12)19-14/h3,6-7,10-11H,2,4-5,8H2,1H3,(H,16,17). The smallest absolute Gasteiger partial charge is 0.184 e. The van der Waals surface area contributed by atoms with Crippen molar-refractivity contribution in [2.75, 3.05) is 11.1 Å². The maximum Gasteiger partial charge on any atom is 0.184 e. The zero-order chi connectivity index (χ0) is 13.2. The Bertz CT molecular complexity index is 570. The topological polar surface area (TPSA) is 24.9 Å².